The third-order valence-electron chi connectivity index (χ3n) is 5.89. The number of hydrogen-bond acceptors (Lipinski definition) is 9. The molecule has 2 aliphatic heterocycles. The van der Waals surface area contributed by atoms with Crippen molar-refractivity contribution in [3.8, 4) is 0 Å². The maximum Gasteiger partial charge on any atom is 0.338 e. The zero-order valence-corrected chi connectivity index (χ0v) is 24.2. The van der Waals surface area contributed by atoms with E-state index in [0.717, 1.165) is 0 Å². The van der Waals surface area contributed by atoms with E-state index in [0.29, 0.717) is 33.1 Å². The van der Waals surface area contributed by atoms with Gasteiger partial charge in [-0.25, -0.2) is 23.4 Å². The lowest BCUT2D eigenvalue weighted by molar-refractivity contribution is -0.143. The van der Waals surface area contributed by atoms with E-state index in [2.05, 4.69) is 26.2 Å². The van der Waals surface area contributed by atoms with Gasteiger partial charge in [-0.1, -0.05) is 35.8 Å². The van der Waals surface area contributed by atoms with Gasteiger partial charge < -0.3 is 19.9 Å². The number of hydrogen-bond donors (Lipinski definition) is 2. The molecule has 9 nitrogen and oxygen atoms in total. The fourth-order valence-corrected chi connectivity index (χ4v) is 5.45. The third kappa shape index (κ3) is 7.90. The summed E-state index contributed by atoms with van der Waals surface area (Å²) in [5.74, 6) is -2.24. The summed E-state index contributed by atoms with van der Waals surface area (Å²) in [6.07, 6.45) is 0.408. The quantitative estimate of drug-likeness (QED) is 0.373. The van der Waals surface area contributed by atoms with E-state index in [9.17, 15) is 18.4 Å². The molecule has 0 saturated carbocycles. The highest BCUT2D eigenvalue weighted by Crippen LogP contribution is 2.37. The first-order valence-electron chi connectivity index (χ1n) is 12.5. The smallest absolute Gasteiger partial charge is 0.338 e. The number of ether oxygens (including phenoxy) is 2. The van der Waals surface area contributed by atoms with Crippen molar-refractivity contribution in [2.24, 2.45) is 10.9 Å². The van der Waals surface area contributed by atoms with Crippen LogP contribution >= 0.6 is 27.3 Å². The molecule has 0 spiro atoms. The summed E-state index contributed by atoms with van der Waals surface area (Å²) >= 11 is 4.75. The molecule has 2 aromatic rings. The van der Waals surface area contributed by atoms with Crippen molar-refractivity contribution in [2.45, 2.75) is 33.0 Å². The molecule has 39 heavy (non-hydrogen) atoms. The number of thiazole rings is 1. The molecule has 13 heteroatoms. The third-order valence-corrected chi connectivity index (χ3v) is 7.36. The highest BCUT2D eigenvalue weighted by atomic mass is 79.9. The molecular weight excluding hydrogens is 598 g/mol. The molecule has 0 bridgehead atoms. The predicted octanol–water partition coefficient (Wildman–Crippen LogP) is 4.35. The lowest BCUT2D eigenvalue weighted by Gasteiger charge is -2.29. The van der Waals surface area contributed by atoms with Gasteiger partial charge in [0.15, 0.2) is 10.8 Å². The SMILES string of the molecule is CC.CCOC(=O)C1=C(CN2CC(F)C(COCC(=O)O)C2)NC(c2nccs2)=N[C@H]1c1ccc(F)cc1Br. The molecule has 212 valence electrons. The number of benzene rings is 1. The van der Waals surface area contributed by atoms with Gasteiger partial charge in [-0.2, -0.15) is 0 Å². The van der Waals surface area contributed by atoms with Crippen molar-refractivity contribution in [1.29, 1.82) is 0 Å². The van der Waals surface area contributed by atoms with E-state index in [1.807, 2.05) is 18.7 Å². The Morgan fingerprint density at radius 2 is 2.08 bits per heavy atom. The second-order valence-corrected chi connectivity index (χ2v) is 10.2. The molecular formula is C26H31BrF2N4O5S. The van der Waals surface area contributed by atoms with Gasteiger partial charge in [-0.15, -0.1) is 11.3 Å². The molecule has 3 heterocycles. The molecule has 2 aliphatic rings. The van der Waals surface area contributed by atoms with Gasteiger partial charge in [0, 0.05) is 47.3 Å². The predicted molar refractivity (Wildman–Crippen MR) is 147 cm³/mol. The Morgan fingerprint density at radius 3 is 2.72 bits per heavy atom. The molecule has 1 fully saturated rings. The number of nitrogens with zero attached hydrogens (tertiary/aromatic N) is 3. The summed E-state index contributed by atoms with van der Waals surface area (Å²) in [5.41, 5.74) is 1.26. The number of carboxylic acid groups (broad SMARTS) is 1. The Labute approximate surface area is 238 Å². The summed E-state index contributed by atoms with van der Waals surface area (Å²) in [5, 5.41) is 14.4. The second kappa shape index (κ2) is 14.6. The van der Waals surface area contributed by atoms with Crippen LogP contribution in [0.3, 0.4) is 0 Å². The number of rotatable bonds is 10. The van der Waals surface area contributed by atoms with E-state index in [-0.39, 0.29) is 31.9 Å². The summed E-state index contributed by atoms with van der Waals surface area (Å²) < 4.78 is 39.5. The molecule has 1 aromatic heterocycles. The van der Waals surface area contributed by atoms with E-state index < -0.39 is 42.5 Å². The fourth-order valence-electron chi connectivity index (χ4n) is 4.29. The molecule has 3 atom stereocenters. The zero-order chi connectivity index (χ0) is 28.5. The number of carbonyl (C=O) groups is 2. The Kier molecular flexibility index (Phi) is 11.5. The number of aliphatic carboxylic acids is 1. The minimum atomic E-state index is -1.22. The molecule has 0 radical (unpaired) electrons. The van der Waals surface area contributed by atoms with E-state index >= 15 is 0 Å². The topological polar surface area (TPSA) is 113 Å². The van der Waals surface area contributed by atoms with Crippen molar-refractivity contribution in [1.82, 2.24) is 15.2 Å². The largest absolute Gasteiger partial charge is 0.480 e. The van der Waals surface area contributed by atoms with E-state index in [1.165, 1.54) is 23.5 Å². The van der Waals surface area contributed by atoms with E-state index in [4.69, 9.17) is 19.6 Å². The van der Waals surface area contributed by atoms with Crippen LogP contribution < -0.4 is 5.32 Å². The van der Waals surface area contributed by atoms with Crippen molar-refractivity contribution in [3.63, 3.8) is 0 Å². The average Bonchev–Trinajstić information content (AvgIpc) is 3.55. The summed E-state index contributed by atoms with van der Waals surface area (Å²) in [7, 11) is 0. The van der Waals surface area contributed by atoms with Gasteiger partial charge >= 0.3 is 11.9 Å². The number of likely N-dealkylation sites (tertiary alicyclic amines) is 1. The van der Waals surface area contributed by atoms with Crippen LogP contribution in [0.5, 0.6) is 0 Å². The lowest BCUT2D eigenvalue weighted by atomic mass is 9.95. The van der Waals surface area contributed by atoms with Crippen LogP contribution in [-0.4, -0.2) is 78.4 Å². The van der Waals surface area contributed by atoms with Crippen molar-refractivity contribution >= 4 is 45.0 Å². The molecule has 1 aromatic carbocycles. The van der Waals surface area contributed by atoms with Gasteiger partial charge in [0.05, 0.1) is 18.8 Å². The highest BCUT2D eigenvalue weighted by molar-refractivity contribution is 9.10. The van der Waals surface area contributed by atoms with Crippen LogP contribution in [0, 0.1) is 11.7 Å². The first-order valence-corrected chi connectivity index (χ1v) is 14.2. The second-order valence-electron chi connectivity index (χ2n) is 8.50. The number of aliphatic imine (C=N–C) groups is 1. The minimum Gasteiger partial charge on any atom is -0.480 e. The maximum atomic E-state index is 14.8. The summed E-state index contributed by atoms with van der Waals surface area (Å²) in [4.78, 5) is 34.8. The normalized spacial score (nSPS) is 21.1. The molecule has 2 unspecified atom stereocenters. The van der Waals surface area contributed by atoms with Crippen LogP contribution in [-0.2, 0) is 19.1 Å². The number of amidine groups is 1. The number of carboxylic acids is 1. The Morgan fingerprint density at radius 1 is 1.31 bits per heavy atom. The number of nitrogens with one attached hydrogen (secondary N) is 1. The Bertz CT molecular complexity index is 1210. The Balaban J connectivity index is 0.00000205. The van der Waals surface area contributed by atoms with Gasteiger partial charge in [0.1, 0.15) is 24.6 Å². The summed E-state index contributed by atoms with van der Waals surface area (Å²) in [6, 6.07) is 3.31. The van der Waals surface area contributed by atoms with Crippen molar-refractivity contribution in [2.75, 3.05) is 39.5 Å². The molecule has 0 amide bonds. The molecule has 0 aliphatic carbocycles. The molecule has 1 saturated heterocycles. The van der Waals surface area contributed by atoms with Crippen LogP contribution in [0.2, 0.25) is 0 Å². The van der Waals surface area contributed by atoms with Crippen LogP contribution in [0.1, 0.15) is 37.4 Å². The summed E-state index contributed by atoms with van der Waals surface area (Å²) in [6.45, 7) is 5.85. The molecule has 4 rings (SSSR count). The zero-order valence-electron chi connectivity index (χ0n) is 21.8. The van der Waals surface area contributed by atoms with Crippen LogP contribution in [0.4, 0.5) is 8.78 Å². The Hall–Kier alpha value is -2.74. The maximum absolute atomic E-state index is 14.8. The standard InChI is InChI=1S/C24H25BrF2N4O5S.C2H6/c1-2-36-24(34)20-18(10-31-8-13(17(27)9-31)11-35-12-19(32)33)29-22(23-28-5-6-37-23)30-21(20)15-4-3-14(26)7-16(15)25;1-2/h3-7,13,17,21H,2,8-12H2,1H3,(H,29,30)(H,32,33);1-2H3/t13?,17?,21-;/m0./s1. The first kappa shape index (κ1) is 30.8. The van der Waals surface area contributed by atoms with Gasteiger partial charge in [0.2, 0.25) is 0 Å². The van der Waals surface area contributed by atoms with Crippen molar-refractivity contribution < 1.29 is 33.0 Å². The number of alkyl halides is 1. The monoisotopic (exact) mass is 628 g/mol. The lowest BCUT2D eigenvalue weighted by Crippen LogP contribution is -2.39. The first-order chi connectivity index (χ1) is 18.8. The number of aromatic nitrogens is 1. The minimum absolute atomic E-state index is 0.0296. The van der Waals surface area contributed by atoms with Crippen molar-refractivity contribution in [3.05, 3.63) is 61.9 Å². The number of halogens is 3. The number of esters is 1. The van der Waals surface area contributed by atoms with E-state index in [1.54, 1.807) is 24.6 Å². The average molecular weight is 630 g/mol. The van der Waals surface area contributed by atoms with Gasteiger partial charge in [-0.05, 0) is 24.6 Å². The molecule has 2 N–H and O–H groups in total. The van der Waals surface area contributed by atoms with Crippen LogP contribution in [0.15, 0.2) is 50.5 Å². The fraction of sp³-hybridized carbons (Fsp3) is 0.462. The van der Waals surface area contributed by atoms with Crippen LogP contribution in [0.25, 0.3) is 0 Å². The highest BCUT2D eigenvalue weighted by Gasteiger charge is 2.38. The van der Waals surface area contributed by atoms with Gasteiger partial charge in [0.25, 0.3) is 0 Å². The number of carbonyl (C=O) groups excluding carboxylic acids is 1. The van der Waals surface area contributed by atoms with Gasteiger partial charge in [-0.3, -0.25) is 9.89 Å².